The minimum absolute atomic E-state index is 0.0326. The van der Waals surface area contributed by atoms with Gasteiger partial charge in [-0.05, 0) is 73.4 Å². The lowest BCUT2D eigenvalue weighted by atomic mass is 9.85. The summed E-state index contributed by atoms with van der Waals surface area (Å²) in [6.45, 7) is 2.17. The molecule has 33 heavy (non-hydrogen) atoms. The van der Waals surface area contributed by atoms with Crippen LogP contribution in [0.5, 0.6) is 5.75 Å². The van der Waals surface area contributed by atoms with Gasteiger partial charge in [0.05, 0.1) is 11.7 Å². The maximum atomic E-state index is 11.6. The molecule has 2 saturated carbocycles. The predicted octanol–water partition coefficient (Wildman–Crippen LogP) is 6.90. The van der Waals surface area contributed by atoms with E-state index < -0.39 is 5.97 Å². The maximum Gasteiger partial charge on any atom is 0.339 e. The number of carboxylic acid groups (broad SMARTS) is 1. The zero-order valence-electron chi connectivity index (χ0n) is 19.3. The summed E-state index contributed by atoms with van der Waals surface area (Å²) < 4.78 is 6.27. The van der Waals surface area contributed by atoms with Gasteiger partial charge in [0.15, 0.2) is 0 Å². The van der Waals surface area contributed by atoms with Crippen molar-refractivity contribution in [1.29, 1.82) is 5.41 Å². The minimum Gasteiger partial charge on any atom is -0.491 e. The van der Waals surface area contributed by atoms with Crippen molar-refractivity contribution in [1.82, 2.24) is 0 Å². The van der Waals surface area contributed by atoms with Crippen molar-refractivity contribution < 1.29 is 14.6 Å². The second-order valence-electron chi connectivity index (χ2n) is 9.45. The Bertz CT molecular complexity index is 1020. The van der Waals surface area contributed by atoms with Crippen LogP contribution in [0.3, 0.4) is 0 Å². The summed E-state index contributed by atoms with van der Waals surface area (Å²) in [6.07, 6.45) is 10.9. The number of benzene rings is 2. The van der Waals surface area contributed by atoms with Crippen LogP contribution in [0.15, 0.2) is 59.8 Å². The second-order valence-corrected chi connectivity index (χ2v) is 9.45. The Kier molecular flexibility index (Phi) is 7.48. The van der Waals surface area contributed by atoms with Gasteiger partial charge in [0.25, 0.3) is 0 Å². The first-order chi connectivity index (χ1) is 16.0. The number of ether oxygens (including phenoxy) is 1. The van der Waals surface area contributed by atoms with Crippen LogP contribution < -0.4 is 10.1 Å². The molecular weight excluding hydrogens is 412 g/mol. The maximum absolute atomic E-state index is 11.6. The van der Waals surface area contributed by atoms with Gasteiger partial charge in [-0.1, -0.05) is 56.4 Å². The fourth-order valence-corrected chi connectivity index (χ4v) is 4.87. The Labute approximate surface area is 196 Å². The Balaban J connectivity index is 1.48. The van der Waals surface area contributed by atoms with Crippen molar-refractivity contribution in [3.63, 3.8) is 0 Å². The highest BCUT2D eigenvalue weighted by Crippen LogP contribution is 2.39. The van der Waals surface area contributed by atoms with Crippen LogP contribution in [0, 0.1) is 17.2 Å². The number of carbonyl (C=O) groups is 1. The molecule has 0 spiro atoms. The summed E-state index contributed by atoms with van der Waals surface area (Å²) in [6, 6.07) is 16.1. The summed E-state index contributed by atoms with van der Waals surface area (Å²) in [5, 5.41) is 20.3. The minimum atomic E-state index is -1.07. The Morgan fingerprint density at radius 3 is 2.45 bits per heavy atom. The fraction of sp³-hybridized carbons (Fsp3) is 0.429. The molecule has 0 radical (unpaired) electrons. The van der Waals surface area contributed by atoms with Crippen LogP contribution >= 0.6 is 0 Å². The van der Waals surface area contributed by atoms with Crippen LogP contribution in [0.2, 0.25) is 0 Å². The van der Waals surface area contributed by atoms with Gasteiger partial charge >= 0.3 is 5.97 Å². The molecule has 0 bridgehead atoms. The van der Waals surface area contributed by atoms with Crippen molar-refractivity contribution in [2.24, 2.45) is 11.8 Å². The monoisotopic (exact) mass is 446 g/mol. The molecule has 1 atom stereocenters. The normalized spacial score (nSPS) is 18.2. The van der Waals surface area contributed by atoms with E-state index in [1.807, 2.05) is 36.4 Å². The van der Waals surface area contributed by atoms with Crippen LogP contribution in [0.4, 0.5) is 5.69 Å². The summed E-state index contributed by atoms with van der Waals surface area (Å²) in [5.74, 6) is 0.779. The van der Waals surface area contributed by atoms with E-state index in [0.29, 0.717) is 5.70 Å². The van der Waals surface area contributed by atoms with Gasteiger partial charge in [-0.3, -0.25) is 0 Å². The van der Waals surface area contributed by atoms with Gasteiger partial charge in [0.2, 0.25) is 0 Å². The Hall–Kier alpha value is -3.08. The molecule has 2 fully saturated rings. The highest BCUT2D eigenvalue weighted by Gasteiger charge is 2.30. The Morgan fingerprint density at radius 1 is 1.09 bits per heavy atom. The van der Waals surface area contributed by atoms with E-state index in [2.05, 4.69) is 24.4 Å². The van der Waals surface area contributed by atoms with E-state index in [0.717, 1.165) is 54.0 Å². The molecule has 4 rings (SSSR count). The van der Waals surface area contributed by atoms with Gasteiger partial charge in [-0.25, -0.2) is 4.79 Å². The van der Waals surface area contributed by atoms with Crippen LogP contribution in [-0.2, 0) is 4.79 Å². The number of hydrogen-bond acceptors (Lipinski definition) is 4. The second kappa shape index (κ2) is 10.7. The summed E-state index contributed by atoms with van der Waals surface area (Å²) in [7, 11) is 0. The molecule has 5 heteroatoms. The van der Waals surface area contributed by atoms with Crippen LogP contribution in [0.25, 0.3) is 11.1 Å². The molecule has 3 N–H and O–H groups in total. The number of nitrogens with one attached hydrogen (secondary N) is 2. The predicted molar refractivity (Wildman–Crippen MR) is 133 cm³/mol. The number of allylic oxidation sites excluding steroid dienone is 1. The number of rotatable bonds is 10. The van der Waals surface area contributed by atoms with Crippen molar-refractivity contribution in [2.75, 3.05) is 5.32 Å². The highest BCUT2D eigenvalue weighted by atomic mass is 16.5. The topological polar surface area (TPSA) is 82.4 Å². The zero-order valence-corrected chi connectivity index (χ0v) is 19.3. The van der Waals surface area contributed by atoms with Crippen LogP contribution in [-0.4, -0.2) is 23.4 Å². The molecule has 0 aromatic heterocycles. The largest absolute Gasteiger partial charge is 0.491 e. The van der Waals surface area contributed by atoms with Crippen molar-refractivity contribution in [2.45, 2.75) is 64.4 Å². The van der Waals surface area contributed by atoms with Crippen molar-refractivity contribution in [3.05, 3.63) is 59.8 Å². The van der Waals surface area contributed by atoms with E-state index in [9.17, 15) is 9.90 Å². The summed E-state index contributed by atoms with van der Waals surface area (Å²) in [4.78, 5) is 11.6. The first kappa shape index (κ1) is 23.1. The summed E-state index contributed by atoms with van der Waals surface area (Å²) in [5.41, 5.74) is 3.58. The fourth-order valence-electron chi connectivity index (χ4n) is 4.87. The molecule has 0 amide bonds. The molecule has 174 valence electrons. The number of carboxylic acids is 1. The molecule has 0 heterocycles. The van der Waals surface area contributed by atoms with E-state index >= 15 is 0 Å². The van der Waals surface area contributed by atoms with E-state index in [1.54, 1.807) is 0 Å². The Morgan fingerprint density at radius 2 is 1.79 bits per heavy atom. The zero-order chi connectivity index (χ0) is 23.2. The lowest BCUT2D eigenvalue weighted by Crippen LogP contribution is -2.18. The molecule has 5 nitrogen and oxygen atoms in total. The first-order valence-electron chi connectivity index (χ1n) is 12.2. The lowest BCUT2D eigenvalue weighted by molar-refractivity contribution is -0.132. The average Bonchev–Trinajstić information content (AvgIpc) is 3.65. The van der Waals surface area contributed by atoms with E-state index in [-0.39, 0.29) is 17.6 Å². The third-order valence-electron chi connectivity index (χ3n) is 6.69. The average molecular weight is 447 g/mol. The molecule has 2 aliphatic rings. The first-order valence-corrected chi connectivity index (χ1v) is 12.2. The molecule has 1 unspecified atom stereocenters. The van der Waals surface area contributed by atoms with Gasteiger partial charge in [0.1, 0.15) is 5.75 Å². The third kappa shape index (κ3) is 6.25. The van der Waals surface area contributed by atoms with Gasteiger partial charge in [0, 0.05) is 17.6 Å². The molecule has 2 aromatic carbocycles. The van der Waals surface area contributed by atoms with E-state index in [1.165, 1.54) is 32.1 Å². The quantitative estimate of drug-likeness (QED) is 0.274. The molecule has 2 aliphatic carbocycles. The number of hydrogen-bond donors (Lipinski definition) is 3. The highest BCUT2D eigenvalue weighted by molar-refractivity contribution is 6.08. The number of anilines is 1. The lowest BCUT2D eigenvalue weighted by Gasteiger charge is -2.25. The van der Waals surface area contributed by atoms with Gasteiger partial charge in [-0.2, -0.15) is 0 Å². The van der Waals surface area contributed by atoms with Gasteiger partial charge in [-0.15, -0.1) is 0 Å². The molecule has 0 aliphatic heterocycles. The number of aliphatic carboxylic acids is 1. The van der Waals surface area contributed by atoms with E-state index in [4.69, 9.17) is 10.1 Å². The van der Waals surface area contributed by atoms with Crippen LogP contribution in [0.1, 0.15) is 58.3 Å². The SMILES string of the molecule is CC(CC1CCCCC1)Oc1cccc(-c2cccc(N/C(=C(\C=N)C(=O)O)C3CC3)c2)c1. The molecule has 0 saturated heterocycles. The molecule has 2 aromatic rings. The standard InChI is InChI=1S/C28H34N2O3/c1-19(15-20-7-3-2-4-8-20)33-25-12-6-10-23(17-25)22-9-5-11-24(16-22)30-27(21-13-14-21)26(18-29)28(31)32/h5-6,9-12,16-21,29-30H,2-4,7-8,13-15H2,1H3,(H,31,32)/b27-26+,29-18?. The third-order valence-corrected chi connectivity index (χ3v) is 6.69. The smallest absolute Gasteiger partial charge is 0.339 e. The van der Waals surface area contributed by atoms with Crippen molar-refractivity contribution in [3.8, 4) is 16.9 Å². The summed E-state index contributed by atoms with van der Waals surface area (Å²) >= 11 is 0. The van der Waals surface area contributed by atoms with Gasteiger partial charge < -0.3 is 20.6 Å². The molecular formula is C28H34N2O3. The van der Waals surface area contributed by atoms with Crippen molar-refractivity contribution >= 4 is 17.9 Å².